The number of aryl methyl sites for hydroxylation is 1. The number of nitrogens with zero attached hydrogens (tertiary/aromatic N) is 3. The Morgan fingerprint density at radius 1 is 1.16 bits per heavy atom. The minimum Gasteiger partial charge on any atom is -0.326 e. The first-order valence-electron chi connectivity index (χ1n) is 6.44. The van der Waals surface area contributed by atoms with Gasteiger partial charge in [0.05, 0.1) is 0 Å². The van der Waals surface area contributed by atoms with E-state index in [2.05, 4.69) is 33.6 Å². The van der Waals surface area contributed by atoms with Crippen molar-refractivity contribution >= 4 is 11.2 Å². The van der Waals surface area contributed by atoms with E-state index in [1.807, 2.05) is 24.3 Å². The number of fused-ring (bicyclic) bond motifs is 1. The second-order valence-corrected chi connectivity index (χ2v) is 4.43. The van der Waals surface area contributed by atoms with Crippen molar-refractivity contribution in [2.45, 2.75) is 20.0 Å². The maximum absolute atomic E-state index is 5.63. The Labute approximate surface area is 111 Å². The summed E-state index contributed by atoms with van der Waals surface area (Å²) < 4.78 is 2.13. The number of imidazole rings is 1. The zero-order valence-corrected chi connectivity index (χ0v) is 10.9. The van der Waals surface area contributed by atoms with Crippen molar-refractivity contribution in [1.82, 2.24) is 14.5 Å². The third-order valence-electron chi connectivity index (χ3n) is 3.27. The van der Waals surface area contributed by atoms with Crippen LogP contribution in [0, 0.1) is 0 Å². The van der Waals surface area contributed by atoms with E-state index in [9.17, 15) is 0 Å². The average molecular weight is 252 g/mol. The molecule has 4 nitrogen and oxygen atoms in total. The van der Waals surface area contributed by atoms with Crippen LogP contribution in [0.4, 0.5) is 0 Å². The normalized spacial score (nSPS) is 11.1. The third-order valence-corrected chi connectivity index (χ3v) is 3.27. The summed E-state index contributed by atoms with van der Waals surface area (Å²) in [5, 5.41) is 0. The molecule has 0 unspecified atom stereocenters. The molecule has 1 aromatic carbocycles. The molecule has 2 N–H and O–H groups in total. The number of hydrogen-bond acceptors (Lipinski definition) is 3. The van der Waals surface area contributed by atoms with E-state index in [1.165, 1.54) is 0 Å². The summed E-state index contributed by atoms with van der Waals surface area (Å²) in [7, 11) is 0. The van der Waals surface area contributed by atoms with E-state index >= 15 is 0 Å². The van der Waals surface area contributed by atoms with E-state index in [4.69, 9.17) is 5.73 Å². The summed E-state index contributed by atoms with van der Waals surface area (Å²) in [6, 6.07) is 12.1. The molecule has 0 fully saturated rings. The summed E-state index contributed by atoms with van der Waals surface area (Å²) in [5.74, 6) is 0.958. The van der Waals surface area contributed by atoms with Gasteiger partial charge in [0.1, 0.15) is 11.3 Å². The first kappa shape index (κ1) is 11.9. The van der Waals surface area contributed by atoms with Gasteiger partial charge in [-0.15, -0.1) is 0 Å². The van der Waals surface area contributed by atoms with Gasteiger partial charge in [0, 0.05) is 24.8 Å². The van der Waals surface area contributed by atoms with Gasteiger partial charge >= 0.3 is 0 Å². The highest BCUT2D eigenvalue weighted by Gasteiger charge is 2.11. The molecule has 0 aliphatic rings. The number of aromatic nitrogens is 3. The van der Waals surface area contributed by atoms with Gasteiger partial charge in [0.15, 0.2) is 5.65 Å². The molecule has 3 rings (SSSR count). The molecule has 0 aliphatic carbocycles. The maximum atomic E-state index is 5.63. The van der Waals surface area contributed by atoms with Gasteiger partial charge in [0.25, 0.3) is 0 Å². The molecule has 2 heterocycles. The van der Waals surface area contributed by atoms with Crippen LogP contribution in [0.5, 0.6) is 0 Å². The lowest BCUT2D eigenvalue weighted by molar-refractivity contribution is 0.787. The Kier molecular flexibility index (Phi) is 3.01. The highest BCUT2D eigenvalue weighted by molar-refractivity contribution is 5.77. The van der Waals surface area contributed by atoms with Crippen molar-refractivity contribution in [1.29, 1.82) is 0 Å². The van der Waals surface area contributed by atoms with Gasteiger partial charge in [-0.25, -0.2) is 9.97 Å². The fourth-order valence-corrected chi connectivity index (χ4v) is 2.27. The monoisotopic (exact) mass is 252 g/mol. The number of benzene rings is 1. The molecular weight excluding hydrogens is 236 g/mol. The topological polar surface area (TPSA) is 56.7 Å². The van der Waals surface area contributed by atoms with Gasteiger partial charge in [-0.1, -0.05) is 24.3 Å². The van der Waals surface area contributed by atoms with Crippen molar-refractivity contribution in [3.05, 3.63) is 48.2 Å². The third kappa shape index (κ3) is 2.00. The number of hydrogen-bond donors (Lipinski definition) is 1. The van der Waals surface area contributed by atoms with E-state index in [0.29, 0.717) is 6.54 Å². The predicted molar refractivity (Wildman–Crippen MR) is 76.5 cm³/mol. The first-order valence-corrected chi connectivity index (χ1v) is 6.44. The average Bonchev–Trinajstić information content (AvgIpc) is 2.85. The lowest BCUT2D eigenvalue weighted by Crippen LogP contribution is -1.99. The zero-order chi connectivity index (χ0) is 13.2. The van der Waals surface area contributed by atoms with Crippen LogP contribution in [0.1, 0.15) is 12.5 Å². The molecule has 0 aliphatic heterocycles. The molecule has 0 amide bonds. The second-order valence-electron chi connectivity index (χ2n) is 4.43. The Morgan fingerprint density at radius 3 is 2.63 bits per heavy atom. The molecule has 0 spiro atoms. The minimum absolute atomic E-state index is 0.562. The highest BCUT2D eigenvalue weighted by Crippen LogP contribution is 2.23. The molecule has 3 aromatic rings. The largest absolute Gasteiger partial charge is 0.326 e. The molecule has 0 saturated carbocycles. The first-order chi connectivity index (χ1) is 9.33. The summed E-state index contributed by atoms with van der Waals surface area (Å²) >= 11 is 0. The van der Waals surface area contributed by atoms with Crippen LogP contribution in [0.3, 0.4) is 0 Å². The molecule has 0 bridgehead atoms. The van der Waals surface area contributed by atoms with Gasteiger partial charge in [-0.2, -0.15) is 0 Å². The smallest absolute Gasteiger partial charge is 0.160 e. The molecule has 19 heavy (non-hydrogen) atoms. The number of pyridine rings is 1. The van der Waals surface area contributed by atoms with E-state index in [-0.39, 0.29) is 0 Å². The van der Waals surface area contributed by atoms with Crippen molar-refractivity contribution in [2.75, 3.05) is 0 Å². The summed E-state index contributed by atoms with van der Waals surface area (Å²) in [4.78, 5) is 9.09. The summed E-state index contributed by atoms with van der Waals surface area (Å²) in [6.07, 6.45) is 1.80. The second kappa shape index (κ2) is 4.82. The quantitative estimate of drug-likeness (QED) is 0.779. The van der Waals surface area contributed by atoms with Crippen LogP contribution in [-0.2, 0) is 13.1 Å². The predicted octanol–water partition coefficient (Wildman–Crippen LogP) is 2.58. The minimum atomic E-state index is 0.562. The zero-order valence-electron chi connectivity index (χ0n) is 10.9. The molecular formula is C15H16N4. The molecule has 0 radical (unpaired) electrons. The van der Waals surface area contributed by atoms with Crippen molar-refractivity contribution in [3.63, 3.8) is 0 Å². The Bertz CT molecular complexity index is 698. The number of nitrogens with two attached hydrogens (primary N) is 1. The van der Waals surface area contributed by atoms with Crippen molar-refractivity contribution in [2.24, 2.45) is 5.73 Å². The van der Waals surface area contributed by atoms with Crippen LogP contribution in [-0.4, -0.2) is 14.5 Å². The lowest BCUT2D eigenvalue weighted by atomic mass is 10.1. The fourth-order valence-electron chi connectivity index (χ4n) is 2.27. The highest BCUT2D eigenvalue weighted by atomic mass is 15.1. The Hall–Kier alpha value is -2.20. The Morgan fingerprint density at radius 2 is 1.95 bits per heavy atom. The van der Waals surface area contributed by atoms with Gasteiger partial charge < -0.3 is 10.3 Å². The molecule has 4 heteroatoms. The number of rotatable bonds is 3. The van der Waals surface area contributed by atoms with Crippen molar-refractivity contribution in [3.8, 4) is 11.4 Å². The molecule has 96 valence electrons. The molecule has 0 saturated heterocycles. The van der Waals surface area contributed by atoms with Crippen LogP contribution < -0.4 is 5.73 Å². The van der Waals surface area contributed by atoms with Gasteiger partial charge in [-0.05, 0) is 24.6 Å². The van der Waals surface area contributed by atoms with Crippen LogP contribution >= 0.6 is 0 Å². The standard InChI is InChI=1S/C15H16N4/c1-2-19-14(12-7-5-11(10-16)6-8-12)18-13-4-3-9-17-15(13)19/h3-9H,2,10,16H2,1H3. The van der Waals surface area contributed by atoms with Gasteiger partial charge in [-0.3, -0.25) is 0 Å². The Balaban J connectivity index is 2.17. The summed E-state index contributed by atoms with van der Waals surface area (Å²) in [6.45, 7) is 3.51. The van der Waals surface area contributed by atoms with Crippen LogP contribution in [0.2, 0.25) is 0 Å². The van der Waals surface area contributed by atoms with E-state index < -0.39 is 0 Å². The SMILES string of the molecule is CCn1c(-c2ccc(CN)cc2)nc2cccnc21. The molecule has 2 aromatic heterocycles. The molecule has 0 atom stereocenters. The lowest BCUT2D eigenvalue weighted by Gasteiger charge is -2.06. The summed E-state index contributed by atoms with van der Waals surface area (Å²) in [5.41, 5.74) is 9.71. The van der Waals surface area contributed by atoms with E-state index in [1.54, 1.807) is 6.20 Å². The van der Waals surface area contributed by atoms with Crippen LogP contribution in [0.15, 0.2) is 42.6 Å². The maximum Gasteiger partial charge on any atom is 0.160 e. The van der Waals surface area contributed by atoms with Crippen LogP contribution in [0.25, 0.3) is 22.6 Å². The van der Waals surface area contributed by atoms with Crippen molar-refractivity contribution < 1.29 is 0 Å². The van der Waals surface area contributed by atoms with Gasteiger partial charge in [0.2, 0.25) is 0 Å². The fraction of sp³-hybridized carbons (Fsp3) is 0.200. The van der Waals surface area contributed by atoms with E-state index in [0.717, 1.165) is 34.7 Å².